The van der Waals surface area contributed by atoms with Crippen molar-refractivity contribution in [2.75, 3.05) is 40.0 Å². The Bertz CT molecular complexity index is 1660. The van der Waals surface area contributed by atoms with E-state index in [0.717, 1.165) is 16.8 Å². The smallest absolute Gasteiger partial charge is 0.416 e. The number of fused-ring (bicyclic) bond motifs is 1. The zero-order valence-electron chi connectivity index (χ0n) is 21.9. The van der Waals surface area contributed by atoms with E-state index in [-0.39, 0.29) is 35.0 Å². The highest BCUT2D eigenvalue weighted by atomic mass is 19.4. The molecule has 1 amide bonds. The van der Waals surface area contributed by atoms with Crippen molar-refractivity contribution in [3.05, 3.63) is 88.2 Å². The Morgan fingerprint density at radius 3 is 2.59 bits per heavy atom. The van der Waals surface area contributed by atoms with Gasteiger partial charge in [-0.1, -0.05) is 30.3 Å². The number of alkyl halides is 3. The molecule has 0 radical (unpaired) electrons. The molecule has 0 saturated carbocycles. The van der Waals surface area contributed by atoms with E-state index in [1.54, 1.807) is 47.4 Å². The van der Waals surface area contributed by atoms with Gasteiger partial charge >= 0.3 is 6.18 Å². The van der Waals surface area contributed by atoms with Crippen LogP contribution in [-0.2, 0) is 15.7 Å². The molecule has 0 unspecified atom stereocenters. The van der Waals surface area contributed by atoms with Crippen molar-refractivity contribution in [1.29, 1.82) is 0 Å². The van der Waals surface area contributed by atoms with Crippen molar-refractivity contribution in [2.24, 2.45) is 5.10 Å². The molecule has 1 fully saturated rings. The standard InChI is InChI=1S/C29H25F3N4O5/c1-39-24-11-5-7-20(26(24)41-18-25(37)35-12-14-40-15-13-35)17-33-36-27(19-6-4-8-21(16-19)29(30,31)32)34-23-10-3-2-9-22(23)28(36)38/h2-11,16-17H,12-15,18H2,1H3. The molecule has 41 heavy (non-hydrogen) atoms. The first kappa shape index (κ1) is 27.8. The molecule has 3 aromatic carbocycles. The van der Waals surface area contributed by atoms with Gasteiger partial charge in [0.05, 0.1) is 43.0 Å². The minimum atomic E-state index is -4.59. The van der Waals surface area contributed by atoms with Crippen LogP contribution in [0.2, 0.25) is 0 Å². The van der Waals surface area contributed by atoms with Gasteiger partial charge in [-0.2, -0.15) is 22.9 Å². The Labute approximate surface area is 232 Å². The molecule has 12 heteroatoms. The number of carbonyl (C=O) groups is 1. The van der Waals surface area contributed by atoms with E-state index in [2.05, 4.69) is 10.1 Å². The number of para-hydroxylation sites is 2. The van der Waals surface area contributed by atoms with Gasteiger partial charge in [-0.05, 0) is 36.4 Å². The Hall–Kier alpha value is -4.71. The van der Waals surface area contributed by atoms with Crippen molar-refractivity contribution in [3.8, 4) is 22.9 Å². The van der Waals surface area contributed by atoms with E-state index in [9.17, 15) is 22.8 Å². The average molecular weight is 567 g/mol. The van der Waals surface area contributed by atoms with Crippen LogP contribution in [0, 0.1) is 0 Å². The number of benzene rings is 3. The largest absolute Gasteiger partial charge is 0.493 e. The first-order chi connectivity index (χ1) is 19.8. The Morgan fingerprint density at radius 1 is 1.07 bits per heavy atom. The monoisotopic (exact) mass is 566 g/mol. The van der Waals surface area contributed by atoms with Crippen LogP contribution in [0.15, 0.2) is 76.6 Å². The molecule has 1 aliphatic rings. The summed E-state index contributed by atoms with van der Waals surface area (Å²) in [7, 11) is 1.44. The maximum absolute atomic E-state index is 13.5. The Morgan fingerprint density at radius 2 is 1.83 bits per heavy atom. The Balaban J connectivity index is 1.56. The number of nitrogens with zero attached hydrogens (tertiary/aromatic N) is 4. The summed E-state index contributed by atoms with van der Waals surface area (Å²) in [5.41, 5.74) is -0.732. The summed E-state index contributed by atoms with van der Waals surface area (Å²) in [6.07, 6.45) is -3.28. The summed E-state index contributed by atoms with van der Waals surface area (Å²) in [5, 5.41) is 4.57. The van der Waals surface area contributed by atoms with Crippen LogP contribution in [0.5, 0.6) is 11.5 Å². The van der Waals surface area contributed by atoms with E-state index in [0.29, 0.717) is 43.1 Å². The Kier molecular flexibility index (Phi) is 8.02. The fraction of sp³-hybridized carbons (Fsp3) is 0.241. The minimum Gasteiger partial charge on any atom is -0.493 e. The number of hydrogen-bond donors (Lipinski definition) is 0. The van der Waals surface area contributed by atoms with Crippen molar-refractivity contribution >= 4 is 23.0 Å². The summed E-state index contributed by atoms with van der Waals surface area (Å²) in [5.74, 6) is 0.223. The van der Waals surface area contributed by atoms with Crippen LogP contribution >= 0.6 is 0 Å². The van der Waals surface area contributed by atoms with Gasteiger partial charge in [0, 0.05) is 24.2 Å². The highest BCUT2D eigenvalue weighted by Crippen LogP contribution is 2.33. The number of ether oxygens (including phenoxy) is 3. The van der Waals surface area contributed by atoms with E-state index in [4.69, 9.17) is 14.2 Å². The predicted molar refractivity (Wildman–Crippen MR) is 145 cm³/mol. The lowest BCUT2D eigenvalue weighted by Gasteiger charge is -2.27. The lowest BCUT2D eigenvalue weighted by atomic mass is 10.1. The van der Waals surface area contributed by atoms with Crippen molar-refractivity contribution in [2.45, 2.75) is 6.18 Å². The van der Waals surface area contributed by atoms with Gasteiger partial charge in [0.25, 0.3) is 11.5 Å². The predicted octanol–water partition coefficient (Wildman–Crippen LogP) is 4.21. The van der Waals surface area contributed by atoms with Gasteiger partial charge in [-0.15, -0.1) is 0 Å². The van der Waals surface area contributed by atoms with Crippen LogP contribution in [0.1, 0.15) is 11.1 Å². The van der Waals surface area contributed by atoms with Crippen LogP contribution in [-0.4, -0.2) is 66.7 Å². The molecule has 5 rings (SSSR count). The minimum absolute atomic E-state index is 0.0538. The van der Waals surface area contributed by atoms with E-state index in [1.807, 2.05) is 0 Å². The maximum atomic E-state index is 13.5. The normalized spacial score (nSPS) is 14.0. The number of carbonyl (C=O) groups excluding carboxylic acids is 1. The zero-order chi connectivity index (χ0) is 29.0. The second-order valence-corrected chi connectivity index (χ2v) is 9.05. The third-order valence-electron chi connectivity index (χ3n) is 6.45. The first-order valence-corrected chi connectivity index (χ1v) is 12.7. The quantitative estimate of drug-likeness (QED) is 0.311. The fourth-order valence-electron chi connectivity index (χ4n) is 4.36. The second kappa shape index (κ2) is 11.8. The lowest BCUT2D eigenvalue weighted by molar-refractivity contribution is -0.138. The van der Waals surface area contributed by atoms with Crippen LogP contribution in [0.3, 0.4) is 0 Å². The van der Waals surface area contributed by atoms with Gasteiger partial charge in [0.2, 0.25) is 0 Å². The molecule has 9 nitrogen and oxygen atoms in total. The number of hydrogen-bond acceptors (Lipinski definition) is 7. The molecule has 1 aromatic heterocycles. The van der Waals surface area contributed by atoms with E-state index in [1.165, 1.54) is 25.5 Å². The highest BCUT2D eigenvalue weighted by molar-refractivity contribution is 5.86. The third-order valence-corrected chi connectivity index (χ3v) is 6.45. The van der Waals surface area contributed by atoms with Gasteiger partial charge in [0.1, 0.15) is 0 Å². The maximum Gasteiger partial charge on any atom is 0.416 e. The molecule has 0 N–H and O–H groups in total. The number of rotatable bonds is 7. The number of halogens is 3. The molecule has 1 saturated heterocycles. The molecule has 0 spiro atoms. The molecule has 4 aromatic rings. The number of morpholine rings is 1. The molecule has 0 aliphatic carbocycles. The molecule has 2 heterocycles. The number of aromatic nitrogens is 2. The third kappa shape index (κ3) is 6.07. The van der Waals surface area contributed by atoms with Gasteiger partial charge in [0.15, 0.2) is 23.9 Å². The highest BCUT2D eigenvalue weighted by Gasteiger charge is 2.31. The van der Waals surface area contributed by atoms with Gasteiger partial charge < -0.3 is 19.1 Å². The SMILES string of the molecule is COc1cccc(C=Nn2c(-c3cccc(C(F)(F)F)c3)nc3ccccc3c2=O)c1OCC(=O)N1CCOCC1. The summed E-state index contributed by atoms with van der Waals surface area (Å²) >= 11 is 0. The molecule has 0 atom stereocenters. The van der Waals surface area contributed by atoms with E-state index < -0.39 is 17.3 Å². The van der Waals surface area contributed by atoms with Crippen molar-refractivity contribution in [3.63, 3.8) is 0 Å². The molecular formula is C29H25F3N4O5. The molecular weight excluding hydrogens is 541 g/mol. The van der Waals surface area contributed by atoms with Crippen molar-refractivity contribution in [1.82, 2.24) is 14.6 Å². The summed E-state index contributed by atoms with van der Waals surface area (Å²) in [4.78, 5) is 32.3. The first-order valence-electron chi connectivity index (χ1n) is 12.7. The van der Waals surface area contributed by atoms with Crippen molar-refractivity contribution < 1.29 is 32.2 Å². The average Bonchev–Trinajstić information content (AvgIpc) is 2.99. The summed E-state index contributed by atoms with van der Waals surface area (Å²) in [6, 6.07) is 16.0. The van der Waals surface area contributed by atoms with Gasteiger partial charge in [-0.25, -0.2) is 4.98 Å². The topological polar surface area (TPSA) is 95.2 Å². The number of amides is 1. The number of methoxy groups -OCH3 is 1. The van der Waals surface area contributed by atoms with Crippen LogP contribution in [0.25, 0.3) is 22.3 Å². The molecule has 212 valence electrons. The second-order valence-electron chi connectivity index (χ2n) is 9.05. The molecule has 0 bridgehead atoms. The lowest BCUT2D eigenvalue weighted by Crippen LogP contribution is -2.43. The van der Waals surface area contributed by atoms with Crippen LogP contribution < -0.4 is 15.0 Å². The fourth-order valence-corrected chi connectivity index (χ4v) is 4.36. The summed E-state index contributed by atoms with van der Waals surface area (Å²) < 4.78 is 57.9. The summed E-state index contributed by atoms with van der Waals surface area (Å²) in [6.45, 7) is 1.54. The van der Waals surface area contributed by atoms with E-state index >= 15 is 0 Å². The molecule has 1 aliphatic heterocycles. The van der Waals surface area contributed by atoms with Crippen LogP contribution in [0.4, 0.5) is 13.2 Å². The zero-order valence-corrected chi connectivity index (χ0v) is 21.9. The van der Waals surface area contributed by atoms with Gasteiger partial charge in [-0.3, -0.25) is 9.59 Å².